The van der Waals surface area contributed by atoms with Crippen molar-refractivity contribution in [2.24, 2.45) is 0 Å². The number of rotatable bonds is 6. The van der Waals surface area contributed by atoms with E-state index >= 15 is 0 Å². The normalized spacial score (nSPS) is 22.2. The number of likely N-dealkylation sites (tertiary alicyclic amines) is 1. The van der Waals surface area contributed by atoms with Gasteiger partial charge in [0.25, 0.3) is 0 Å². The maximum atomic E-state index is 12.0. The monoisotopic (exact) mass is 307 g/mol. The molecule has 1 heterocycles. The number of carbonyl (C=O) groups excluding carboxylic acids is 1. The standard InChI is InChI=1S/C17H25NO4/c1-21-13-8-16(19)18-11-5-9-17(20,10-12-18)14-22-15-6-3-2-4-7-15/h2-4,6-7,20H,5,8-14H2,1H3. The third-order valence-corrected chi connectivity index (χ3v) is 4.04. The molecule has 5 nitrogen and oxygen atoms in total. The lowest BCUT2D eigenvalue weighted by molar-refractivity contribution is -0.132. The Kier molecular flexibility index (Phi) is 6.21. The van der Waals surface area contributed by atoms with Crippen LogP contribution >= 0.6 is 0 Å². The highest BCUT2D eigenvalue weighted by atomic mass is 16.5. The third kappa shape index (κ3) is 5.00. The van der Waals surface area contributed by atoms with Crippen LogP contribution in [0.15, 0.2) is 30.3 Å². The number of nitrogens with zero attached hydrogens (tertiary/aromatic N) is 1. The van der Waals surface area contributed by atoms with Gasteiger partial charge in [-0.3, -0.25) is 4.79 Å². The zero-order valence-corrected chi connectivity index (χ0v) is 13.2. The maximum absolute atomic E-state index is 12.0. The molecule has 5 heteroatoms. The number of benzene rings is 1. The Labute approximate surface area is 131 Å². The van der Waals surface area contributed by atoms with Crippen LogP contribution in [0.3, 0.4) is 0 Å². The van der Waals surface area contributed by atoms with Crippen LogP contribution in [0.25, 0.3) is 0 Å². The molecule has 1 unspecified atom stereocenters. The first-order valence-electron chi connectivity index (χ1n) is 7.80. The van der Waals surface area contributed by atoms with Crippen molar-refractivity contribution in [3.63, 3.8) is 0 Å². The van der Waals surface area contributed by atoms with Crippen LogP contribution < -0.4 is 4.74 Å². The fourth-order valence-corrected chi connectivity index (χ4v) is 2.65. The molecule has 0 bridgehead atoms. The number of ether oxygens (including phenoxy) is 2. The molecule has 0 aliphatic carbocycles. The van der Waals surface area contributed by atoms with Gasteiger partial charge in [-0.05, 0) is 31.4 Å². The van der Waals surface area contributed by atoms with Gasteiger partial charge >= 0.3 is 0 Å². The Hall–Kier alpha value is -1.59. The van der Waals surface area contributed by atoms with E-state index in [1.807, 2.05) is 35.2 Å². The van der Waals surface area contributed by atoms with Gasteiger partial charge < -0.3 is 19.5 Å². The summed E-state index contributed by atoms with van der Waals surface area (Å²) >= 11 is 0. The van der Waals surface area contributed by atoms with Gasteiger partial charge in [0.2, 0.25) is 5.91 Å². The molecule has 0 saturated carbocycles. The van der Waals surface area contributed by atoms with Gasteiger partial charge in [-0.25, -0.2) is 0 Å². The number of para-hydroxylation sites is 1. The summed E-state index contributed by atoms with van der Waals surface area (Å²) in [6.45, 7) is 1.96. The number of aliphatic hydroxyl groups is 1. The highest BCUT2D eigenvalue weighted by molar-refractivity contribution is 5.76. The van der Waals surface area contributed by atoms with Gasteiger partial charge in [0, 0.05) is 20.2 Å². The highest BCUT2D eigenvalue weighted by Gasteiger charge is 2.32. The number of methoxy groups -OCH3 is 1. The van der Waals surface area contributed by atoms with Crippen molar-refractivity contribution >= 4 is 5.91 Å². The summed E-state index contributed by atoms with van der Waals surface area (Å²) in [4.78, 5) is 13.9. The minimum Gasteiger partial charge on any atom is -0.491 e. The highest BCUT2D eigenvalue weighted by Crippen LogP contribution is 2.24. The molecule has 1 aliphatic rings. The molecular formula is C17H25NO4. The minimum absolute atomic E-state index is 0.0927. The summed E-state index contributed by atoms with van der Waals surface area (Å²) in [5, 5.41) is 10.7. The van der Waals surface area contributed by atoms with Crippen LogP contribution in [0, 0.1) is 0 Å². The van der Waals surface area contributed by atoms with Crippen molar-refractivity contribution in [2.75, 3.05) is 33.4 Å². The predicted octanol–water partition coefficient (Wildman–Crippen LogP) is 1.85. The molecule has 0 spiro atoms. The lowest BCUT2D eigenvalue weighted by atomic mass is 9.96. The van der Waals surface area contributed by atoms with Crippen molar-refractivity contribution in [3.8, 4) is 5.75 Å². The molecule has 1 aliphatic heterocycles. The Morgan fingerprint density at radius 2 is 2.05 bits per heavy atom. The molecule has 1 N–H and O–H groups in total. The van der Waals surface area contributed by atoms with Crippen LogP contribution in [0.5, 0.6) is 5.75 Å². The van der Waals surface area contributed by atoms with Crippen molar-refractivity contribution < 1.29 is 19.4 Å². The van der Waals surface area contributed by atoms with Crippen LogP contribution in [0.2, 0.25) is 0 Å². The number of hydrogen-bond acceptors (Lipinski definition) is 4. The second kappa shape index (κ2) is 8.15. The molecule has 1 atom stereocenters. The fourth-order valence-electron chi connectivity index (χ4n) is 2.65. The van der Waals surface area contributed by atoms with E-state index in [9.17, 15) is 9.90 Å². The fraction of sp³-hybridized carbons (Fsp3) is 0.588. The van der Waals surface area contributed by atoms with E-state index < -0.39 is 5.60 Å². The van der Waals surface area contributed by atoms with Crippen LogP contribution in [-0.2, 0) is 9.53 Å². The predicted molar refractivity (Wildman–Crippen MR) is 83.8 cm³/mol. The molecule has 1 fully saturated rings. The molecule has 1 amide bonds. The molecule has 0 radical (unpaired) electrons. The average Bonchev–Trinajstić information content (AvgIpc) is 2.74. The quantitative estimate of drug-likeness (QED) is 0.871. The zero-order chi connectivity index (χ0) is 15.8. The van der Waals surface area contributed by atoms with Crippen LogP contribution in [-0.4, -0.2) is 54.9 Å². The van der Waals surface area contributed by atoms with Gasteiger partial charge in [0.1, 0.15) is 18.0 Å². The number of amides is 1. The van der Waals surface area contributed by atoms with E-state index in [-0.39, 0.29) is 12.5 Å². The molecule has 122 valence electrons. The molecule has 0 aromatic heterocycles. The van der Waals surface area contributed by atoms with Crippen LogP contribution in [0.1, 0.15) is 25.7 Å². The summed E-state index contributed by atoms with van der Waals surface area (Å²) in [6, 6.07) is 9.49. The van der Waals surface area contributed by atoms with E-state index in [2.05, 4.69) is 0 Å². The van der Waals surface area contributed by atoms with E-state index in [0.29, 0.717) is 39.0 Å². The second-order valence-electron chi connectivity index (χ2n) is 5.80. The first kappa shape index (κ1) is 16.8. The van der Waals surface area contributed by atoms with Crippen molar-refractivity contribution in [1.82, 2.24) is 4.90 Å². The van der Waals surface area contributed by atoms with Crippen LogP contribution in [0.4, 0.5) is 0 Å². The Morgan fingerprint density at radius 1 is 1.27 bits per heavy atom. The number of hydrogen-bond donors (Lipinski definition) is 1. The Morgan fingerprint density at radius 3 is 2.77 bits per heavy atom. The summed E-state index contributed by atoms with van der Waals surface area (Å²) < 4.78 is 10.6. The van der Waals surface area contributed by atoms with Gasteiger partial charge in [0.15, 0.2) is 0 Å². The Bertz CT molecular complexity index is 465. The van der Waals surface area contributed by atoms with Crippen molar-refractivity contribution in [3.05, 3.63) is 30.3 Å². The largest absolute Gasteiger partial charge is 0.491 e. The molecule has 1 aromatic rings. The molecular weight excluding hydrogens is 282 g/mol. The van der Waals surface area contributed by atoms with Crippen molar-refractivity contribution in [1.29, 1.82) is 0 Å². The average molecular weight is 307 g/mol. The van der Waals surface area contributed by atoms with Gasteiger partial charge in [-0.2, -0.15) is 0 Å². The zero-order valence-electron chi connectivity index (χ0n) is 13.2. The van der Waals surface area contributed by atoms with Crippen molar-refractivity contribution in [2.45, 2.75) is 31.3 Å². The molecule has 1 aromatic carbocycles. The van der Waals surface area contributed by atoms with E-state index in [1.54, 1.807) is 7.11 Å². The maximum Gasteiger partial charge on any atom is 0.224 e. The first-order valence-corrected chi connectivity index (χ1v) is 7.80. The molecule has 1 saturated heterocycles. The van der Waals surface area contributed by atoms with E-state index in [0.717, 1.165) is 12.2 Å². The van der Waals surface area contributed by atoms with Gasteiger partial charge in [-0.1, -0.05) is 18.2 Å². The van der Waals surface area contributed by atoms with Gasteiger partial charge in [-0.15, -0.1) is 0 Å². The Balaban J connectivity index is 1.84. The summed E-state index contributed by atoms with van der Waals surface area (Å²) in [5.41, 5.74) is -0.869. The molecule has 2 rings (SSSR count). The number of carbonyl (C=O) groups is 1. The smallest absolute Gasteiger partial charge is 0.224 e. The summed E-state index contributed by atoms with van der Waals surface area (Å²) in [7, 11) is 1.59. The minimum atomic E-state index is -0.869. The topological polar surface area (TPSA) is 59.0 Å². The molecule has 22 heavy (non-hydrogen) atoms. The van der Waals surface area contributed by atoms with E-state index in [1.165, 1.54) is 0 Å². The SMILES string of the molecule is COCCC(=O)N1CCCC(O)(COc2ccccc2)CC1. The first-order chi connectivity index (χ1) is 10.6. The van der Waals surface area contributed by atoms with E-state index in [4.69, 9.17) is 9.47 Å². The second-order valence-corrected chi connectivity index (χ2v) is 5.80. The summed E-state index contributed by atoms with van der Waals surface area (Å²) in [6.07, 6.45) is 2.37. The third-order valence-electron chi connectivity index (χ3n) is 4.04. The van der Waals surface area contributed by atoms with Gasteiger partial charge in [0.05, 0.1) is 13.0 Å². The lowest BCUT2D eigenvalue weighted by Gasteiger charge is -2.27. The lowest BCUT2D eigenvalue weighted by Crippen LogP contribution is -2.38. The summed E-state index contributed by atoms with van der Waals surface area (Å²) in [5.74, 6) is 0.850.